The zero-order chi connectivity index (χ0) is 19.5. The maximum absolute atomic E-state index is 12.7. The van der Waals surface area contributed by atoms with E-state index in [9.17, 15) is 13.2 Å². The summed E-state index contributed by atoms with van der Waals surface area (Å²) in [5.74, 6) is 0.0895. The van der Waals surface area contributed by atoms with Crippen molar-refractivity contribution in [3.05, 3.63) is 47.1 Å². The molecule has 2 aromatic rings. The van der Waals surface area contributed by atoms with Crippen molar-refractivity contribution in [3.8, 4) is 17.4 Å². The standard InChI is InChI=1S/C18H17ClF3NO4/c1-17(25-7-8-26-17)5-6-24-13-3-2-4-14(10-13)27-16-15(19)9-12(11-23-16)18(20,21)22/h2-4,9-11H,5-8H2,1H3. The number of aromatic nitrogens is 1. The Bertz CT molecular complexity index is 794. The predicted molar refractivity (Wildman–Crippen MR) is 91.2 cm³/mol. The van der Waals surface area contributed by atoms with Crippen LogP contribution in [0.1, 0.15) is 18.9 Å². The largest absolute Gasteiger partial charge is 0.493 e. The van der Waals surface area contributed by atoms with Crippen molar-refractivity contribution in [2.24, 2.45) is 0 Å². The minimum Gasteiger partial charge on any atom is -0.493 e. The second-order valence-corrected chi connectivity index (χ2v) is 6.42. The van der Waals surface area contributed by atoms with Crippen LogP contribution in [-0.2, 0) is 15.7 Å². The van der Waals surface area contributed by atoms with Crippen LogP contribution in [-0.4, -0.2) is 30.6 Å². The van der Waals surface area contributed by atoms with Crippen LogP contribution in [0.15, 0.2) is 36.5 Å². The number of hydrogen-bond donors (Lipinski definition) is 0. The Morgan fingerprint density at radius 1 is 1.19 bits per heavy atom. The molecule has 9 heteroatoms. The molecule has 1 aromatic carbocycles. The van der Waals surface area contributed by atoms with Crippen LogP contribution in [0.3, 0.4) is 0 Å². The molecule has 1 aliphatic heterocycles. The fraction of sp³-hybridized carbons (Fsp3) is 0.389. The lowest BCUT2D eigenvalue weighted by atomic mass is 10.2. The van der Waals surface area contributed by atoms with Gasteiger partial charge in [0, 0.05) is 18.7 Å². The fourth-order valence-corrected chi connectivity index (χ4v) is 2.65. The lowest BCUT2D eigenvalue weighted by Crippen LogP contribution is -2.27. The number of ether oxygens (including phenoxy) is 4. The summed E-state index contributed by atoms with van der Waals surface area (Å²) in [6.07, 6.45) is -3.31. The first-order chi connectivity index (χ1) is 12.8. The second-order valence-electron chi connectivity index (χ2n) is 6.01. The maximum Gasteiger partial charge on any atom is 0.417 e. The van der Waals surface area contributed by atoms with E-state index in [0.29, 0.717) is 43.9 Å². The molecule has 0 atom stereocenters. The van der Waals surface area contributed by atoms with Crippen LogP contribution in [0.25, 0.3) is 0 Å². The summed E-state index contributed by atoms with van der Waals surface area (Å²) >= 11 is 5.85. The number of halogens is 4. The molecule has 1 aliphatic rings. The lowest BCUT2D eigenvalue weighted by Gasteiger charge is -2.22. The van der Waals surface area contributed by atoms with Crippen molar-refractivity contribution < 1.29 is 32.1 Å². The van der Waals surface area contributed by atoms with Crippen molar-refractivity contribution in [1.29, 1.82) is 0 Å². The first kappa shape index (κ1) is 19.7. The molecule has 1 fully saturated rings. The highest BCUT2D eigenvalue weighted by molar-refractivity contribution is 6.31. The van der Waals surface area contributed by atoms with E-state index in [-0.39, 0.29) is 10.9 Å². The number of benzene rings is 1. The quantitative estimate of drug-likeness (QED) is 0.673. The van der Waals surface area contributed by atoms with Crippen LogP contribution in [0, 0.1) is 0 Å². The number of rotatable bonds is 6. The topological polar surface area (TPSA) is 49.8 Å². The van der Waals surface area contributed by atoms with Gasteiger partial charge in [-0.05, 0) is 25.1 Å². The molecule has 0 unspecified atom stereocenters. The van der Waals surface area contributed by atoms with E-state index in [0.717, 1.165) is 6.07 Å². The Kier molecular flexibility index (Phi) is 5.78. The van der Waals surface area contributed by atoms with E-state index in [1.807, 2.05) is 6.92 Å². The van der Waals surface area contributed by atoms with E-state index >= 15 is 0 Å². The number of hydrogen-bond acceptors (Lipinski definition) is 5. The Morgan fingerprint density at radius 3 is 2.56 bits per heavy atom. The summed E-state index contributed by atoms with van der Waals surface area (Å²) in [6.45, 7) is 3.32. The number of pyridine rings is 1. The summed E-state index contributed by atoms with van der Waals surface area (Å²) in [4.78, 5) is 3.65. The molecule has 5 nitrogen and oxygen atoms in total. The van der Waals surface area contributed by atoms with Crippen molar-refractivity contribution in [2.45, 2.75) is 25.3 Å². The normalized spacial score (nSPS) is 16.3. The van der Waals surface area contributed by atoms with Gasteiger partial charge in [0.1, 0.15) is 16.5 Å². The van der Waals surface area contributed by atoms with Crippen molar-refractivity contribution >= 4 is 11.6 Å². The van der Waals surface area contributed by atoms with E-state index < -0.39 is 17.5 Å². The summed E-state index contributed by atoms with van der Waals surface area (Å²) in [5.41, 5.74) is -0.943. The molecule has 0 spiro atoms. The first-order valence-electron chi connectivity index (χ1n) is 8.17. The molecule has 1 aromatic heterocycles. The molecule has 2 heterocycles. The smallest absolute Gasteiger partial charge is 0.417 e. The van der Waals surface area contributed by atoms with Gasteiger partial charge in [-0.15, -0.1) is 0 Å². The molecule has 0 bridgehead atoms. The average Bonchev–Trinajstić information content (AvgIpc) is 3.03. The Labute approximate surface area is 159 Å². The van der Waals surface area contributed by atoms with Gasteiger partial charge < -0.3 is 18.9 Å². The molecule has 27 heavy (non-hydrogen) atoms. The van der Waals surface area contributed by atoms with Crippen molar-refractivity contribution in [2.75, 3.05) is 19.8 Å². The Balaban J connectivity index is 1.62. The van der Waals surface area contributed by atoms with Crippen LogP contribution in [0.2, 0.25) is 5.02 Å². The third kappa shape index (κ3) is 5.24. The Hall–Kier alpha value is -2.03. The molecule has 0 saturated carbocycles. The molecular weight excluding hydrogens is 387 g/mol. The Morgan fingerprint density at radius 2 is 1.89 bits per heavy atom. The molecule has 146 valence electrons. The highest BCUT2D eigenvalue weighted by Crippen LogP contribution is 2.35. The highest BCUT2D eigenvalue weighted by Gasteiger charge is 2.32. The van der Waals surface area contributed by atoms with Gasteiger partial charge in [0.2, 0.25) is 5.88 Å². The van der Waals surface area contributed by atoms with Gasteiger partial charge in [-0.25, -0.2) is 4.98 Å². The third-order valence-electron chi connectivity index (χ3n) is 3.88. The van der Waals surface area contributed by atoms with Gasteiger partial charge in [0.25, 0.3) is 0 Å². The molecule has 0 N–H and O–H groups in total. The van der Waals surface area contributed by atoms with Gasteiger partial charge in [-0.1, -0.05) is 17.7 Å². The van der Waals surface area contributed by atoms with Gasteiger partial charge in [0.15, 0.2) is 5.79 Å². The van der Waals surface area contributed by atoms with E-state index in [1.165, 1.54) is 0 Å². The molecule has 0 amide bonds. The molecule has 1 saturated heterocycles. The zero-order valence-corrected chi connectivity index (χ0v) is 15.1. The van der Waals surface area contributed by atoms with Gasteiger partial charge in [-0.3, -0.25) is 0 Å². The highest BCUT2D eigenvalue weighted by atomic mass is 35.5. The van der Waals surface area contributed by atoms with Crippen LogP contribution in [0.5, 0.6) is 17.4 Å². The molecule has 0 aliphatic carbocycles. The molecule has 0 radical (unpaired) electrons. The van der Waals surface area contributed by atoms with Crippen LogP contribution < -0.4 is 9.47 Å². The summed E-state index contributed by atoms with van der Waals surface area (Å²) in [7, 11) is 0. The van der Waals surface area contributed by atoms with Crippen LogP contribution in [0.4, 0.5) is 13.2 Å². The van der Waals surface area contributed by atoms with Crippen LogP contribution >= 0.6 is 11.6 Å². The zero-order valence-electron chi connectivity index (χ0n) is 14.4. The molecular formula is C18H17ClF3NO4. The van der Waals surface area contributed by atoms with E-state index in [1.54, 1.807) is 24.3 Å². The van der Waals surface area contributed by atoms with E-state index in [4.69, 9.17) is 30.5 Å². The minimum atomic E-state index is -4.52. The maximum atomic E-state index is 12.7. The van der Waals surface area contributed by atoms with Crippen molar-refractivity contribution in [1.82, 2.24) is 4.98 Å². The number of alkyl halides is 3. The predicted octanol–water partition coefficient (Wildman–Crippen LogP) is 5.08. The van der Waals surface area contributed by atoms with Crippen molar-refractivity contribution in [3.63, 3.8) is 0 Å². The summed E-state index contributed by atoms with van der Waals surface area (Å²) < 4.78 is 60.1. The van der Waals surface area contributed by atoms with Gasteiger partial charge >= 0.3 is 6.18 Å². The summed E-state index contributed by atoms with van der Waals surface area (Å²) in [6, 6.07) is 7.40. The van der Waals surface area contributed by atoms with Gasteiger partial charge in [-0.2, -0.15) is 13.2 Å². The monoisotopic (exact) mass is 403 g/mol. The van der Waals surface area contributed by atoms with Gasteiger partial charge in [0.05, 0.1) is 25.4 Å². The first-order valence-corrected chi connectivity index (χ1v) is 8.54. The lowest BCUT2D eigenvalue weighted by molar-refractivity contribution is -0.150. The number of nitrogens with zero attached hydrogens (tertiary/aromatic N) is 1. The second kappa shape index (κ2) is 7.92. The molecule has 3 rings (SSSR count). The minimum absolute atomic E-state index is 0.123. The fourth-order valence-electron chi connectivity index (χ4n) is 2.45. The summed E-state index contributed by atoms with van der Waals surface area (Å²) in [5, 5.41) is -0.236. The SMILES string of the molecule is CC1(CCOc2cccc(Oc3ncc(C(F)(F)F)cc3Cl)c2)OCCO1. The third-order valence-corrected chi connectivity index (χ3v) is 4.15. The van der Waals surface area contributed by atoms with E-state index in [2.05, 4.69) is 4.98 Å². The average molecular weight is 404 g/mol.